The average molecular weight is 267 g/mol. The second kappa shape index (κ2) is 5.58. The molecule has 0 aliphatic heterocycles. The number of rotatable bonds is 3. The summed E-state index contributed by atoms with van der Waals surface area (Å²) in [5, 5.41) is 0.570. The van der Waals surface area contributed by atoms with E-state index in [1.54, 1.807) is 0 Å². The van der Waals surface area contributed by atoms with Crippen LogP contribution in [0.3, 0.4) is 0 Å². The van der Waals surface area contributed by atoms with Crippen molar-refractivity contribution >= 4 is 11.6 Å². The predicted molar refractivity (Wildman–Crippen MR) is 76.8 cm³/mol. The van der Waals surface area contributed by atoms with Crippen LogP contribution in [-0.2, 0) is 6.54 Å². The highest BCUT2D eigenvalue weighted by molar-refractivity contribution is 6.29. The van der Waals surface area contributed by atoms with Gasteiger partial charge in [0.25, 0.3) is 0 Å². The van der Waals surface area contributed by atoms with Crippen LogP contribution in [0.5, 0.6) is 0 Å². The summed E-state index contributed by atoms with van der Waals surface area (Å²) >= 11 is 5.80. The fourth-order valence-electron chi connectivity index (χ4n) is 2.74. The van der Waals surface area contributed by atoms with Crippen LogP contribution in [0, 0.1) is 5.41 Å². The summed E-state index contributed by atoms with van der Waals surface area (Å²) in [6, 6.07) is 4.65. The van der Waals surface area contributed by atoms with Gasteiger partial charge in [0.05, 0.1) is 0 Å². The number of pyridine rings is 1. The summed E-state index contributed by atoms with van der Waals surface area (Å²) in [5.74, 6) is 0. The van der Waals surface area contributed by atoms with E-state index in [4.69, 9.17) is 11.6 Å². The van der Waals surface area contributed by atoms with Gasteiger partial charge in [-0.1, -0.05) is 31.5 Å². The largest absolute Gasteiger partial charge is 0.299 e. The summed E-state index contributed by atoms with van der Waals surface area (Å²) < 4.78 is 0. The van der Waals surface area contributed by atoms with E-state index in [2.05, 4.69) is 36.8 Å². The molecule has 1 aromatic rings. The molecule has 1 aliphatic carbocycles. The van der Waals surface area contributed by atoms with Gasteiger partial charge in [-0.25, -0.2) is 4.98 Å². The zero-order valence-corrected chi connectivity index (χ0v) is 12.4. The van der Waals surface area contributed by atoms with E-state index < -0.39 is 0 Å². The molecule has 0 saturated heterocycles. The number of nitrogens with zero attached hydrogens (tertiary/aromatic N) is 2. The second-order valence-electron chi connectivity index (χ2n) is 6.30. The van der Waals surface area contributed by atoms with Gasteiger partial charge in [-0.2, -0.15) is 0 Å². The fraction of sp³-hybridized carbons (Fsp3) is 0.667. The fourth-order valence-corrected chi connectivity index (χ4v) is 2.85. The van der Waals surface area contributed by atoms with Crippen molar-refractivity contribution in [3.05, 3.63) is 29.0 Å². The van der Waals surface area contributed by atoms with Crippen LogP contribution in [0.15, 0.2) is 18.3 Å². The molecule has 1 heterocycles. The van der Waals surface area contributed by atoms with Crippen molar-refractivity contribution in [1.82, 2.24) is 9.88 Å². The van der Waals surface area contributed by atoms with Crippen LogP contribution in [0.25, 0.3) is 0 Å². The van der Waals surface area contributed by atoms with Crippen molar-refractivity contribution in [2.45, 2.75) is 52.1 Å². The van der Waals surface area contributed by atoms with Crippen molar-refractivity contribution in [2.24, 2.45) is 5.41 Å². The van der Waals surface area contributed by atoms with E-state index in [1.807, 2.05) is 12.3 Å². The molecule has 0 radical (unpaired) electrons. The molecule has 0 atom stereocenters. The Morgan fingerprint density at radius 1 is 1.33 bits per heavy atom. The first kappa shape index (κ1) is 13.8. The minimum absolute atomic E-state index is 0.541. The molecule has 100 valence electrons. The lowest BCUT2D eigenvalue weighted by molar-refractivity contribution is 0.123. The number of halogens is 1. The molecule has 2 nitrogen and oxygen atoms in total. The molecule has 0 bridgehead atoms. The first-order chi connectivity index (χ1) is 8.46. The van der Waals surface area contributed by atoms with Crippen molar-refractivity contribution < 1.29 is 0 Å². The maximum Gasteiger partial charge on any atom is 0.129 e. The summed E-state index contributed by atoms with van der Waals surface area (Å²) in [6.07, 6.45) is 7.17. The third-order valence-electron chi connectivity index (χ3n) is 4.15. The van der Waals surface area contributed by atoms with Gasteiger partial charge in [-0.3, -0.25) is 4.90 Å². The maximum absolute atomic E-state index is 5.80. The van der Waals surface area contributed by atoms with Gasteiger partial charge < -0.3 is 0 Å². The molecule has 0 spiro atoms. The Bertz CT molecular complexity index is 376. The topological polar surface area (TPSA) is 16.1 Å². The molecule has 3 heteroatoms. The minimum Gasteiger partial charge on any atom is -0.299 e. The maximum atomic E-state index is 5.80. The van der Waals surface area contributed by atoms with Crippen molar-refractivity contribution in [3.63, 3.8) is 0 Å². The van der Waals surface area contributed by atoms with Crippen molar-refractivity contribution in [3.8, 4) is 0 Å². The summed E-state index contributed by atoms with van der Waals surface area (Å²) in [5.41, 5.74) is 1.78. The Hall–Kier alpha value is -0.600. The van der Waals surface area contributed by atoms with Crippen LogP contribution in [0.2, 0.25) is 5.15 Å². The van der Waals surface area contributed by atoms with Gasteiger partial charge >= 0.3 is 0 Å². The Labute approximate surface area is 115 Å². The molecular weight excluding hydrogens is 244 g/mol. The zero-order valence-electron chi connectivity index (χ0n) is 11.6. The van der Waals surface area contributed by atoms with Crippen LogP contribution in [0.1, 0.15) is 45.1 Å². The van der Waals surface area contributed by atoms with Crippen LogP contribution in [0.4, 0.5) is 0 Å². The van der Waals surface area contributed by atoms with Crippen molar-refractivity contribution in [2.75, 3.05) is 7.05 Å². The monoisotopic (exact) mass is 266 g/mol. The molecule has 1 saturated carbocycles. The molecule has 0 amide bonds. The van der Waals surface area contributed by atoms with Crippen LogP contribution in [-0.4, -0.2) is 23.0 Å². The standard InChI is InChI=1S/C15H23ClN2/c1-15(2)8-6-13(7-9-15)18(3)11-12-4-5-14(16)17-10-12/h4-5,10,13H,6-9,11H2,1-3H3. The normalized spacial score (nSPS) is 20.3. The van der Waals surface area contributed by atoms with E-state index >= 15 is 0 Å². The number of hydrogen-bond donors (Lipinski definition) is 0. The third kappa shape index (κ3) is 3.69. The molecule has 1 aromatic heterocycles. The molecule has 2 rings (SSSR count). The number of hydrogen-bond acceptors (Lipinski definition) is 2. The highest BCUT2D eigenvalue weighted by Gasteiger charge is 2.28. The highest BCUT2D eigenvalue weighted by atomic mass is 35.5. The van der Waals surface area contributed by atoms with Gasteiger partial charge in [-0.15, -0.1) is 0 Å². The van der Waals surface area contributed by atoms with Gasteiger partial charge in [0.2, 0.25) is 0 Å². The van der Waals surface area contributed by atoms with E-state index in [-0.39, 0.29) is 0 Å². The lowest BCUT2D eigenvalue weighted by Crippen LogP contribution is -2.36. The third-order valence-corrected chi connectivity index (χ3v) is 4.38. The molecule has 18 heavy (non-hydrogen) atoms. The lowest BCUT2D eigenvalue weighted by atomic mass is 9.75. The van der Waals surface area contributed by atoms with Crippen LogP contribution >= 0.6 is 11.6 Å². The van der Waals surface area contributed by atoms with Crippen molar-refractivity contribution in [1.29, 1.82) is 0 Å². The average Bonchev–Trinajstić information content (AvgIpc) is 2.32. The summed E-state index contributed by atoms with van der Waals surface area (Å²) in [6.45, 7) is 5.73. The smallest absolute Gasteiger partial charge is 0.129 e. The molecule has 0 aromatic carbocycles. The predicted octanol–water partition coefficient (Wildman–Crippen LogP) is 4.14. The van der Waals surface area contributed by atoms with E-state index in [9.17, 15) is 0 Å². The van der Waals surface area contributed by atoms with Gasteiger partial charge in [0, 0.05) is 18.8 Å². The highest BCUT2D eigenvalue weighted by Crippen LogP contribution is 2.36. The molecule has 1 fully saturated rings. The van der Waals surface area contributed by atoms with Gasteiger partial charge in [-0.05, 0) is 49.8 Å². The van der Waals surface area contributed by atoms with E-state index in [0.29, 0.717) is 16.6 Å². The van der Waals surface area contributed by atoms with Gasteiger partial charge in [0.15, 0.2) is 0 Å². The molecular formula is C15H23ClN2. The zero-order chi connectivity index (χ0) is 13.2. The number of aromatic nitrogens is 1. The second-order valence-corrected chi connectivity index (χ2v) is 6.69. The molecule has 0 unspecified atom stereocenters. The van der Waals surface area contributed by atoms with Gasteiger partial charge in [0.1, 0.15) is 5.15 Å². The Morgan fingerprint density at radius 2 is 2.00 bits per heavy atom. The lowest BCUT2D eigenvalue weighted by Gasteiger charge is -2.38. The molecule has 1 aliphatic rings. The first-order valence-electron chi connectivity index (χ1n) is 6.77. The Morgan fingerprint density at radius 3 is 2.56 bits per heavy atom. The minimum atomic E-state index is 0.541. The first-order valence-corrected chi connectivity index (χ1v) is 7.15. The van der Waals surface area contributed by atoms with E-state index in [1.165, 1.54) is 31.2 Å². The Kier molecular flexibility index (Phi) is 4.29. The SMILES string of the molecule is CN(Cc1ccc(Cl)nc1)C1CCC(C)(C)CC1. The summed E-state index contributed by atoms with van der Waals surface area (Å²) in [7, 11) is 2.22. The van der Waals surface area contributed by atoms with E-state index in [0.717, 1.165) is 6.54 Å². The Balaban J connectivity index is 1.89. The quantitative estimate of drug-likeness (QED) is 0.765. The molecule has 0 N–H and O–H groups in total. The summed E-state index contributed by atoms with van der Waals surface area (Å²) in [4.78, 5) is 6.60. The van der Waals surface area contributed by atoms with Crippen LogP contribution < -0.4 is 0 Å².